The van der Waals surface area contributed by atoms with Crippen molar-refractivity contribution in [2.45, 2.75) is 19.3 Å². The molecular formula is C13H14ClFN2O. The molecule has 0 saturated carbocycles. The summed E-state index contributed by atoms with van der Waals surface area (Å²) in [5.74, 6) is 4.42. The molecule has 0 aromatic heterocycles. The van der Waals surface area contributed by atoms with Gasteiger partial charge in [-0.3, -0.25) is 10.2 Å². The fourth-order valence-electron chi connectivity index (χ4n) is 2.19. The van der Waals surface area contributed by atoms with Gasteiger partial charge in [0.2, 0.25) is 5.91 Å². The topological polar surface area (TPSA) is 55.1 Å². The molecule has 1 aromatic carbocycles. The second-order valence-electron chi connectivity index (χ2n) is 4.31. The number of nitrogens with one attached hydrogen (secondary N) is 1. The van der Waals surface area contributed by atoms with Crippen molar-refractivity contribution in [2.24, 2.45) is 11.8 Å². The van der Waals surface area contributed by atoms with Gasteiger partial charge in [0.25, 0.3) is 0 Å². The summed E-state index contributed by atoms with van der Waals surface area (Å²) in [6.45, 7) is 0. The highest BCUT2D eigenvalue weighted by Gasteiger charge is 2.22. The SMILES string of the molecule is NNC(=O)[C@H]1CC=C(c2cccc(F)c2Cl)CC1. The lowest BCUT2D eigenvalue weighted by Gasteiger charge is -2.21. The van der Waals surface area contributed by atoms with Gasteiger partial charge in [0, 0.05) is 5.92 Å². The van der Waals surface area contributed by atoms with Crippen LogP contribution in [0.2, 0.25) is 5.02 Å². The number of carbonyl (C=O) groups is 1. The monoisotopic (exact) mass is 268 g/mol. The molecule has 0 radical (unpaired) electrons. The summed E-state index contributed by atoms with van der Waals surface area (Å²) in [6, 6.07) is 4.76. The van der Waals surface area contributed by atoms with Gasteiger partial charge in [-0.1, -0.05) is 29.8 Å². The van der Waals surface area contributed by atoms with Crippen molar-refractivity contribution in [3.63, 3.8) is 0 Å². The summed E-state index contributed by atoms with van der Waals surface area (Å²) < 4.78 is 13.4. The highest BCUT2D eigenvalue weighted by Crippen LogP contribution is 2.34. The Kier molecular flexibility index (Phi) is 3.99. The molecule has 1 aliphatic carbocycles. The molecule has 1 atom stereocenters. The zero-order valence-corrected chi connectivity index (χ0v) is 10.5. The number of hydrogen-bond donors (Lipinski definition) is 2. The molecule has 0 unspecified atom stereocenters. The van der Waals surface area contributed by atoms with E-state index in [0.29, 0.717) is 24.8 Å². The number of benzene rings is 1. The lowest BCUT2D eigenvalue weighted by Crippen LogP contribution is -2.36. The van der Waals surface area contributed by atoms with E-state index in [1.807, 2.05) is 6.08 Å². The van der Waals surface area contributed by atoms with Crippen LogP contribution >= 0.6 is 11.6 Å². The number of nitrogens with two attached hydrogens (primary N) is 1. The van der Waals surface area contributed by atoms with Crippen LogP contribution in [-0.2, 0) is 4.79 Å². The Morgan fingerprint density at radius 3 is 2.89 bits per heavy atom. The van der Waals surface area contributed by atoms with Crippen LogP contribution in [0.4, 0.5) is 4.39 Å². The van der Waals surface area contributed by atoms with Crippen LogP contribution in [0.5, 0.6) is 0 Å². The number of hydrogen-bond acceptors (Lipinski definition) is 2. The van der Waals surface area contributed by atoms with Gasteiger partial charge in [0.05, 0.1) is 5.02 Å². The number of amides is 1. The van der Waals surface area contributed by atoms with Gasteiger partial charge in [0.15, 0.2) is 0 Å². The van der Waals surface area contributed by atoms with Crippen molar-refractivity contribution in [2.75, 3.05) is 0 Å². The fourth-order valence-corrected chi connectivity index (χ4v) is 2.43. The van der Waals surface area contributed by atoms with Crippen LogP contribution in [-0.4, -0.2) is 5.91 Å². The lowest BCUT2D eigenvalue weighted by atomic mass is 9.86. The predicted molar refractivity (Wildman–Crippen MR) is 69.1 cm³/mol. The molecule has 0 saturated heterocycles. The number of carbonyl (C=O) groups excluding carboxylic acids is 1. The van der Waals surface area contributed by atoms with Crippen LogP contribution in [0.15, 0.2) is 24.3 Å². The molecule has 3 nitrogen and oxygen atoms in total. The van der Waals surface area contributed by atoms with E-state index < -0.39 is 5.82 Å². The Balaban J connectivity index is 2.19. The minimum atomic E-state index is -0.420. The first-order valence-electron chi connectivity index (χ1n) is 5.77. The smallest absolute Gasteiger partial charge is 0.237 e. The first-order valence-corrected chi connectivity index (χ1v) is 6.15. The van der Waals surface area contributed by atoms with E-state index >= 15 is 0 Å². The maximum atomic E-state index is 13.4. The third-order valence-electron chi connectivity index (χ3n) is 3.22. The molecular weight excluding hydrogens is 255 g/mol. The Bertz CT molecular complexity index is 502. The summed E-state index contributed by atoms with van der Waals surface area (Å²) in [6.07, 6.45) is 3.93. The van der Waals surface area contributed by atoms with E-state index in [4.69, 9.17) is 17.4 Å². The van der Waals surface area contributed by atoms with Gasteiger partial charge >= 0.3 is 0 Å². The van der Waals surface area contributed by atoms with Gasteiger partial charge in [-0.15, -0.1) is 0 Å². The van der Waals surface area contributed by atoms with Crippen LogP contribution in [0.3, 0.4) is 0 Å². The molecule has 1 aliphatic rings. The number of rotatable bonds is 2. The molecule has 1 aromatic rings. The summed E-state index contributed by atoms with van der Waals surface area (Å²) in [7, 11) is 0. The minimum Gasteiger partial charge on any atom is -0.294 e. The van der Waals surface area contributed by atoms with E-state index in [-0.39, 0.29) is 16.8 Å². The standard InChI is InChI=1S/C13H14ClFN2O/c14-12-10(2-1-3-11(12)15)8-4-6-9(7-5-8)13(18)17-16/h1-4,9H,5-7,16H2,(H,17,18)/t9-/m0/s1. The van der Waals surface area contributed by atoms with Gasteiger partial charge in [-0.25, -0.2) is 10.2 Å². The van der Waals surface area contributed by atoms with E-state index in [2.05, 4.69) is 5.43 Å². The third-order valence-corrected chi connectivity index (χ3v) is 3.61. The Labute approximate surface area is 110 Å². The van der Waals surface area contributed by atoms with Crippen LogP contribution < -0.4 is 11.3 Å². The zero-order valence-electron chi connectivity index (χ0n) is 9.75. The van der Waals surface area contributed by atoms with Gasteiger partial charge in [-0.05, 0) is 36.5 Å². The van der Waals surface area contributed by atoms with Crippen molar-refractivity contribution >= 4 is 23.1 Å². The Hall–Kier alpha value is -1.39. The van der Waals surface area contributed by atoms with E-state index in [9.17, 15) is 9.18 Å². The largest absolute Gasteiger partial charge is 0.294 e. The van der Waals surface area contributed by atoms with Crippen molar-refractivity contribution in [1.29, 1.82) is 0 Å². The summed E-state index contributed by atoms with van der Waals surface area (Å²) >= 11 is 5.94. The fraction of sp³-hybridized carbons (Fsp3) is 0.308. The van der Waals surface area contributed by atoms with Gasteiger partial charge in [-0.2, -0.15) is 0 Å². The first kappa shape index (κ1) is 13.1. The molecule has 3 N–H and O–H groups in total. The first-order chi connectivity index (χ1) is 8.63. The van der Waals surface area contributed by atoms with Crippen molar-refractivity contribution in [1.82, 2.24) is 5.43 Å². The Morgan fingerprint density at radius 2 is 2.28 bits per heavy atom. The normalized spacial score (nSPS) is 19.3. The molecule has 5 heteroatoms. The molecule has 0 fully saturated rings. The quantitative estimate of drug-likeness (QED) is 0.492. The van der Waals surface area contributed by atoms with Crippen LogP contribution in [0, 0.1) is 11.7 Å². The summed E-state index contributed by atoms with van der Waals surface area (Å²) in [5, 5.41) is 0.144. The molecule has 1 amide bonds. The van der Waals surface area contributed by atoms with Crippen LogP contribution in [0.25, 0.3) is 5.57 Å². The second-order valence-corrected chi connectivity index (χ2v) is 4.69. The zero-order chi connectivity index (χ0) is 13.1. The highest BCUT2D eigenvalue weighted by molar-refractivity contribution is 6.32. The van der Waals surface area contributed by atoms with E-state index in [1.165, 1.54) is 6.07 Å². The number of halogens is 2. The third kappa shape index (κ3) is 2.54. The number of hydrazine groups is 1. The van der Waals surface area contributed by atoms with Crippen molar-refractivity contribution in [3.8, 4) is 0 Å². The van der Waals surface area contributed by atoms with E-state index in [0.717, 1.165) is 5.57 Å². The average Bonchev–Trinajstić information content (AvgIpc) is 2.41. The second kappa shape index (κ2) is 5.50. The predicted octanol–water partition coefficient (Wildman–Crippen LogP) is 2.65. The maximum absolute atomic E-state index is 13.4. The minimum absolute atomic E-state index is 0.105. The van der Waals surface area contributed by atoms with Crippen molar-refractivity contribution in [3.05, 3.63) is 40.7 Å². The van der Waals surface area contributed by atoms with Gasteiger partial charge in [0.1, 0.15) is 5.82 Å². The molecule has 0 heterocycles. The molecule has 0 aliphatic heterocycles. The summed E-state index contributed by atoms with van der Waals surface area (Å²) in [4.78, 5) is 11.4. The maximum Gasteiger partial charge on any atom is 0.237 e. The molecule has 96 valence electrons. The Morgan fingerprint density at radius 1 is 1.50 bits per heavy atom. The lowest BCUT2D eigenvalue weighted by molar-refractivity contribution is -0.125. The summed E-state index contributed by atoms with van der Waals surface area (Å²) in [5.41, 5.74) is 3.85. The van der Waals surface area contributed by atoms with Crippen molar-refractivity contribution < 1.29 is 9.18 Å². The molecule has 2 rings (SSSR count). The molecule has 0 spiro atoms. The molecule has 18 heavy (non-hydrogen) atoms. The van der Waals surface area contributed by atoms with Crippen LogP contribution in [0.1, 0.15) is 24.8 Å². The van der Waals surface area contributed by atoms with Gasteiger partial charge < -0.3 is 0 Å². The number of allylic oxidation sites excluding steroid dienone is 2. The van der Waals surface area contributed by atoms with E-state index in [1.54, 1.807) is 12.1 Å². The molecule has 0 bridgehead atoms. The average molecular weight is 269 g/mol. The highest BCUT2D eigenvalue weighted by atomic mass is 35.5.